The Morgan fingerprint density at radius 3 is 2.71 bits per heavy atom. The molecule has 0 fully saturated rings. The van der Waals surface area contributed by atoms with Crippen molar-refractivity contribution < 1.29 is 9.53 Å². The van der Waals surface area contributed by atoms with Crippen molar-refractivity contribution in [3.63, 3.8) is 0 Å². The summed E-state index contributed by atoms with van der Waals surface area (Å²) in [5, 5.41) is 4.54. The van der Waals surface area contributed by atoms with Crippen LogP contribution >= 0.6 is 11.6 Å². The zero-order chi connectivity index (χ0) is 16.8. The zero-order valence-corrected chi connectivity index (χ0v) is 13.8. The third-order valence-electron chi connectivity index (χ3n) is 3.60. The number of rotatable bonds is 6. The van der Waals surface area contributed by atoms with E-state index in [1.54, 1.807) is 6.20 Å². The molecular weight excluding hydrogens is 324 g/mol. The molecule has 0 spiro atoms. The van der Waals surface area contributed by atoms with Gasteiger partial charge < -0.3 is 10.1 Å². The number of fused-ring (bicyclic) bond motifs is 1. The minimum absolute atomic E-state index is 0.0314. The molecule has 1 N–H and O–H groups in total. The summed E-state index contributed by atoms with van der Waals surface area (Å²) in [5.41, 5.74) is 1.88. The molecule has 0 saturated heterocycles. The van der Waals surface area contributed by atoms with Crippen LogP contribution < -0.4 is 10.1 Å². The first-order valence-corrected chi connectivity index (χ1v) is 8.08. The molecule has 0 atom stereocenters. The van der Waals surface area contributed by atoms with Crippen LogP contribution in [-0.4, -0.2) is 24.0 Å². The van der Waals surface area contributed by atoms with Crippen LogP contribution in [0.2, 0.25) is 5.02 Å². The topological polar surface area (TPSA) is 51.2 Å². The highest BCUT2D eigenvalue weighted by atomic mass is 35.5. The maximum absolute atomic E-state index is 11.9. The van der Waals surface area contributed by atoms with Gasteiger partial charge >= 0.3 is 0 Å². The molecule has 0 saturated carbocycles. The molecular formula is C19H17ClN2O2. The van der Waals surface area contributed by atoms with Gasteiger partial charge in [-0.2, -0.15) is 0 Å². The Morgan fingerprint density at radius 1 is 1.08 bits per heavy atom. The average molecular weight is 341 g/mol. The first-order valence-electron chi connectivity index (χ1n) is 7.70. The monoisotopic (exact) mass is 340 g/mol. The van der Waals surface area contributed by atoms with E-state index >= 15 is 0 Å². The van der Waals surface area contributed by atoms with E-state index < -0.39 is 0 Å². The Balaban J connectivity index is 1.49. The number of pyridine rings is 1. The van der Waals surface area contributed by atoms with Crippen molar-refractivity contribution in [3.05, 3.63) is 71.4 Å². The molecule has 3 aromatic rings. The molecule has 2 aromatic carbocycles. The molecule has 122 valence electrons. The summed E-state index contributed by atoms with van der Waals surface area (Å²) in [6.07, 6.45) is 2.46. The van der Waals surface area contributed by atoms with Crippen molar-refractivity contribution in [2.75, 3.05) is 13.2 Å². The van der Waals surface area contributed by atoms with Crippen LogP contribution in [0.3, 0.4) is 0 Å². The molecule has 5 heteroatoms. The smallest absolute Gasteiger partial charge is 0.257 e. The van der Waals surface area contributed by atoms with Crippen LogP contribution in [0.4, 0.5) is 0 Å². The van der Waals surface area contributed by atoms with E-state index in [9.17, 15) is 4.79 Å². The Morgan fingerprint density at radius 2 is 1.88 bits per heavy atom. The number of hydrogen-bond acceptors (Lipinski definition) is 3. The quantitative estimate of drug-likeness (QED) is 0.745. The van der Waals surface area contributed by atoms with Crippen molar-refractivity contribution >= 4 is 28.4 Å². The van der Waals surface area contributed by atoms with E-state index in [0.29, 0.717) is 17.3 Å². The van der Waals surface area contributed by atoms with Crippen LogP contribution in [-0.2, 0) is 11.2 Å². The summed E-state index contributed by atoms with van der Waals surface area (Å²) < 4.78 is 5.61. The van der Waals surface area contributed by atoms with Gasteiger partial charge in [0, 0.05) is 23.2 Å². The van der Waals surface area contributed by atoms with Gasteiger partial charge in [-0.15, -0.1) is 0 Å². The molecule has 1 heterocycles. The van der Waals surface area contributed by atoms with Crippen molar-refractivity contribution in [2.45, 2.75) is 6.42 Å². The van der Waals surface area contributed by atoms with Crippen LogP contribution in [0, 0.1) is 0 Å². The van der Waals surface area contributed by atoms with E-state index in [1.807, 2.05) is 54.6 Å². The summed E-state index contributed by atoms with van der Waals surface area (Å²) in [7, 11) is 0. The predicted molar refractivity (Wildman–Crippen MR) is 95.4 cm³/mol. The van der Waals surface area contributed by atoms with E-state index in [2.05, 4.69) is 10.3 Å². The second-order valence-corrected chi connectivity index (χ2v) is 5.78. The lowest BCUT2D eigenvalue weighted by molar-refractivity contribution is -0.123. The van der Waals surface area contributed by atoms with E-state index in [-0.39, 0.29) is 12.5 Å². The molecule has 1 aromatic heterocycles. The molecule has 4 nitrogen and oxygen atoms in total. The van der Waals surface area contributed by atoms with Crippen LogP contribution in [0.5, 0.6) is 5.75 Å². The number of nitrogens with one attached hydrogen (secondary N) is 1. The first-order chi connectivity index (χ1) is 11.7. The Labute approximate surface area is 145 Å². The fourth-order valence-electron chi connectivity index (χ4n) is 2.38. The minimum atomic E-state index is -0.156. The summed E-state index contributed by atoms with van der Waals surface area (Å²) in [5.74, 6) is 0.456. The van der Waals surface area contributed by atoms with E-state index in [0.717, 1.165) is 22.9 Å². The van der Waals surface area contributed by atoms with Crippen LogP contribution in [0.25, 0.3) is 10.9 Å². The lowest BCUT2D eigenvalue weighted by Gasteiger charge is -2.09. The number of carbonyl (C=O) groups is 1. The molecule has 3 rings (SSSR count). The molecule has 0 unspecified atom stereocenters. The number of hydrogen-bond donors (Lipinski definition) is 1. The molecule has 24 heavy (non-hydrogen) atoms. The average Bonchev–Trinajstić information content (AvgIpc) is 2.61. The maximum atomic E-state index is 11.9. The van der Waals surface area contributed by atoms with Gasteiger partial charge in [0.1, 0.15) is 11.3 Å². The molecule has 1 amide bonds. The summed E-state index contributed by atoms with van der Waals surface area (Å²) in [4.78, 5) is 16.2. The number of aromatic nitrogens is 1. The van der Waals surface area contributed by atoms with Gasteiger partial charge in [-0.05, 0) is 36.2 Å². The highest BCUT2D eigenvalue weighted by molar-refractivity contribution is 6.30. The van der Waals surface area contributed by atoms with Crippen molar-refractivity contribution in [2.24, 2.45) is 0 Å². The van der Waals surface area contributed by atoms with Crippen LogP contribution in [0.15, 0.2) is 60.8 Å². The number of amides is 1. The van der Waals surface area contributed by atoms with Gasteiger partial charge in [-0.3, -0.25) is 9.78 Å². The number of carbonyl (C=O) groups excluding carboxylic acids is 1. The lowest BCUT2D eigenvalue weighted by atomic mass is 10.1. The van der Waals surface area contributed by atoms with Crippen molar-refractivity contribution in [1.29, 1.82) is 0 Å². The van der Waals surface area contributed by atoms with Crippen LogP contribution in [0.1, 0.15) is 5.56 Å². The standard InChI is InChI=1S/C19H17ClN2O2/c20-16-8-6-14(7-9-16)10-12-21-18(23)13-24-17-5-1-3-15-4-2-11-22-19(15)17/h1-9,11H,10,12-13H2,(H,21,23). The normalized spacial score (nSPS) is 10.5. The number of halogens is 1. The second kappa shape index (κ2) is 7.79. The fourth-order valence-corrected chi connectivity index (χ4v) is 2.51. The van der Waals surface area contributed by atoms with E-state index in [4.69, 9.17) is 16.3 Å². The number of nitrogens with zero attached hydrogens (tertiary/aromatic N) is 1. The minimum Gasteiger partial charge on any atom is -0.481 e. The lowest BCUT2D eigenvalue weighted by Crippen LogP contribution is -2.30. The van der Waals surface area contributed by atoms with Gasteiger partial charge in [0.15, 0.2) is 6.61 Å². The number of benzene rings is 2. The summed E-state index contributed by atoms with van der Waals surface area (Å²) in [6, 6.07) is 17.1. The molecule has 0 aliphatic carbocycles. The summed E-state index contributed by atoms with van der Waals surface area (Å²) in [6.45, 7) is 0.522. The molecule has 0 aliphatic heterocycles. The predicted octanol–water partition coefficient (Wildman–Crippen LogP) is 3.63. The number of para-hydroxylation sites is 1. The highest BCUT2D eigenvalue weighted by Gasteiger charge is 2.06. The van der Waals surface area contributed by atoms with E-state index in [1.165, 1.54) is 0 Å². The summed E-state index contributed by atoms with van der Waals surface area (Å²) >= 11 is 5.85. The second-order valence-electron chi connectivity index (χ2n) is 5.35. The SMILES string of the molecule is O=C(COc1cccc2cccnc12)NCCc1ccc(Cl)cc1. The Bertz CT molecular complexity index is 829. The Kier molecular flexibility index (Phi) is 5.29. The fraction of sp³-hybridized carbons (Fsp3) is 0.158. The van der Waals surface area contributed by atoms with Gasteiger partial charge in [0.25, 0.3) is 5.91 Å². The number of ether oxygens (including phenoxy) is 1. The zero-order valence-electron chi connectivity index (χ0n) is 13.0. The van der Waals surface area contributed by atoms with Gasteiger partial charge in [0.05, 0.1) is 0 Å². The maximum Gasteiger partial charge on any atom is 0.257 e. The van der Waals surface area contributed by atoms with Crippen molar-refractivity contribution in [1.82, 2.24) is 10.3 Å². The molecule has 0 aliphatic rings. The molecule has 0 radical (unpaired) electrons. The largest absolute Gasteiger partial charge is 0.481 e. The third kappa shape index (κ3) is 4.24. The van der Waals surface area contributed by atoms with Gasteiger partial charge in [0.2, 0.25) is 0 Å². The van der Waals surface area contributed by atoms with Gasteiger partial charge in [-0.1, -0.05) is 41.9 Å². The van der Waals surface area contributed by atoms with Crippen molar-refractivity contribution in [3.8, 4) is 5.75 Å². The third-order valence-corrected chi connectivity index (χ3v) is 3.86. The van der Waals surface area contributed by atoms with Gasteiger partial charge in [-0.25, -0.2) is 0 Å². The molecule has 0 bridgehead atoms. The first kappa shape index (κ1) is 16.3. The highest BCUT2D eigenvalue weighted by Crippen LogP contribution is 2.22. The Hall–Kier alpha value is -2.59.